The second-order valence-corrected chi connectivity index (χ2v) is 5.85. The van der Waals surface area contributed by atoms with Crippen LogP contribution < -0.4 is 4.74 Å². The highest BCUT2D eigenvalue weighted by atomic mass is 35.5. The van der Waals surface area contributed by atoms with Crippen molar-refractivity contribution in [1.29, 1.82) is 0 Å². The molecule has 0 aliphatic carbocycles. The van der Waals surface area contributed by atoms with Crippen LogP contribution in [0, 0.1) is 5.82 Å². The van der Waals surface area contributed by atoms with Gasteiger partial charge in [-0.15, -0.1) is 0 Å². The molecule has 1 heterocycles. The molecule has 0 atom stereocenters. The fourth-order valence-electron chi connectivity index (χ4n) is 2.41. The van der Waals surface area contributed by atoms with Crippen LogP contribution in [0.5, 0.6) is 5.75 Å². The predicted octanol–water partition coefficient (Wildman–Crippen LogP) is 5.08. The van der Waals surface area contributed by atoms with E-state index >= 15 is 0 Å². The monoisotopic (exact) mass is 288 g/mol. The number of hydrogen-bond acceptors (Lipinski definition) is 1. The summed E-state index contributed by atoms with van der Waals surface area (Å²) in [6, 6.07) is 12.1. The van der Waals surface area contributed by atoms with Gasteiger partial charge in [-0.05, 0) is 61.4 Å². The van der Waals surface area contributed by atoms with Crippen molar-refractivity contribution in [3.63, 3.8) is 0 Å². The Morgan fingerprint density at radius 2 is 1.75 bits per heavy atom. The zero-order chi connectivity index (χ0) is 14.3. The van der Waals surface area contributed by atoms with Crippen LogP contribution in [0.4, 0.5) is 4.39 Å². The third kappa shape index (κ3) is 2.44. The van der Waals surface area contributed by atoms with Crippen molar-refractivity contribution < 1.29 is 9.13 Å². The van der Waals surface area contributed by atoms with Crippen LogP contribution in [-0.4, -0.2) is 5.60 Å². The van der Waals surface area contributed by atoms with E-state index in [2.05, 4.69) is 6.08 Å². The molecular formula is C17H14ClFO. The zero-order valence-corrected chi connectivity index (χ0v) is 12.0. The molecule has 0 N–H and O–H groups in total. The number of halogens is 2. The van der Waals surface area contributed by atoms with Gasteiger partial charge in [0.1, 0.15) is 17.2 Å². The first-order valence-corrected chi connectivity index (χ1v) is 6.80. The normalized spacial score (nSPS) is 16.1. The second-order valence-electron chi connectivity index (χ2n) is 5.41. The summed E-state index contributed by atoms with van der Waals surface area (Å²) in [5.74, 6) is 0.515. The highest BCUT2D eigenvalue weighted by Gasteiger charge is 2.27. The van der Waals surface area contributed by atoms with Crippen molar-refractivity contribution in [2.24, 2.45) is 0 Å². The molecule has 0 fully saturated rings. The molecule has 0 saturated carbocycles. The van der Waals surface area contributed by atoms with E-state index in [4.69, 9.17) is 16.3 Å². The Hall–Kier alpha value is -1.80. The van der Waals surface area contributed by atoms with E-state index in [0.717, 1.165) is 22.4 Å². The van der Waals surface area contributed by atoms with Gasteiger partial charge >= 0.3 is 0 Å². The molecule has 1 nitrogen and oxygen atoms in total. The van der Waals surface area contributed by atoms with Gasteiger partial charge in [0.2, 0.25) is 0 Å². The minimum atomic E-state index is -0.429. The van der Waals surface area contributed by atoms with Gasteiger partial charge in [0.25, 0.3) is 0 Å². The van der Waals surface area contributed by atoms with Crippen LogP contribution >= 0.6 is 11.6 Å². The van der Waals surface area contributed by atoms with Gasteiger partial charge in [-0.25, -0.2) is 4.39 Å². The van der Waals surface area contributed by atoms with Gasteiger partial charge in [0, 0.05) is 10.6 Å². The van der Waals surface area contributed by atoms with Gasteiger partial charge in [0.05, 0.1) is 0 Å². The maximum Gasteiger partial charge on any atom is 0.129 e. The number of rotatable bonds is 1. The molecule has 1 aliphatic heterocycles. The summed E-state index contributed by atoms with van der Waals surface area (Å²) < 4.78 is 19.0. The van der Waals surface area contributed by atoms with Crippen LogP contribution in [0.15, 0.2) is 48.5 Å². The molecule has 2 aromatic carbocycles. The van der Waals surface area contributed by atoms with Gasteiger partial charge < -0.3 is 4.74 Å². The first-order valence-electron chi connectivity index (χ1n) is 6.42. The molecule has 20 heavy (non-hydrogen) atoms. The molecule has 0 unspecified atom stereocenters. The van der Waals surface area contributed by atoms with Crippen molar-refractivity contribution in [3.05, 3.63) is 70.5 Å². The summed E-state index contributed by atoms with van der Waals surface area (Å²) in [5, 5.41) is 0.639. The minimum Gasteiger partial charge on any atom is -0.483 e. The van der Waals surface area contributed by atoms with Crippen molar-refractivity contribution in [2.45, 2.75) is 19.4 Å². The molecule has 0 saturated heterocycles. The molecule has 0 spiro atoms. The van der Waals surface area contributed by atoms with E-state index in [9.17, 15) is 4.39 Å². The number of hydrogen-bond donors (Lipinski definition) is 0. The van der Waals surface area contributed by atoms with Crippen molar-refractivity contribution in [3.8, 4) is 5.75 Å². The Balaban J connectivity index is 2.18. The van der Waals surface area contributed by atoms with E-state index in [0.29, 0.717) is 5.02 Å². The molecule has 2 aromatic rings. The van der Waals surface area contributed by atoms with Gasteiger partial charge in [0.15, 0.2) is 0 Å². The first-order chi connectivity index (χ1) is 9.44. The molecule has 0 amide bonds. The summed E-state index contributed by atoms with van der Waals surface area (Å²) in [6.07, 6.45) is 2.05. The van der Waals surface area contributed by atoms with Crippen LogP contribution in [0.1, 0.15) is 25.0 Å². The summed E-state index contributed by atoms with van der Waals surface area (Å²) >= 11 is 6.04. The largest absolute Gasteiger partial charge is 0.483 e. The Labute approximate surface area is 122 Å². The fourth-order valence-corrected chi connectivity index (χ4v) is 2.57. The summed E-state index contributed by atoms with van der Waals surface area (Å²) in [4.78, 5) is 0. The number of ether oxygens (including phenoxy) is 1. The topological polar surface area (TPSA) is 9.23 Å². The van der Waals surface area contributed by atoms with Crippen molar-refractivity contribution in [1.82, 2.24) is 0 Å². The van der Waals surface area contributed by atoms with E-state index in [1.165, 1.54) is 12.1 Å². The highest BCUT2D eigenvalue weighted by molar-refractivity contribution is 6.30. The molecule has 3 heteroatoms. The molecule has 0 aromatic heterocycles. The Bertz CT molecular complexity index is 687. The van der Waals surface area contributed by atoms with E-state index in [1.807, 2.05) is 32.0 Å². The average molecular weight is 289 g/mol. The number of benzene rings is 2. The predicted molar refractivity (Wildman–Crippen MR) is 79.6 cm³/mol. The minimum absolute atomic E-state index is 0.239. The third-order valence-corrected chi connectivity index (χ3v) is 3.49. The van der Waals surface area contributed by atoms with Gasteiger partial charge in [-0.2, -0.15) is 0 Å². The van der Waals surface area contributed by atoms with Gasteiger partial charge in [-0.3, -0.25) is 0 Å². The van der Waals surface area contributed by atoms with E-state index < -0.39 is 5.60 Å². The maximum absolute atomic E-state index is 13.1. The van der Waals surface area contributed by atoms with Crippen LogP contribution in [0.3, 0.4) is 0 Å². The summed E-state index contributed by atoms with van der Waals surface area (Å²) in [5.41, 5.74) is 2.54. The summed E-state index contributed by atoms with van der Waals surface area (Å²) in [7, 11) is 0. The van der Waals surface area contributed by atoms with Crippen molar-refractivity contribution in [2.75, 3.05) is 0 Å². The molecular weight excluding hydrogens is 275 g/mol. The van der Waals surface area contributed by atoms with Crippen LogP contribution in [-0.2, 0) is 0 Å². The lowest BCUT2D eigenvalue weighted by Gasteiger charge is -2.31. The molecule has 1 aliphatic rings. The molecule has 0 radical (unpaired) electrons. The van der Waals surface area contributed by atoms with Crippen LogP contribution in [0.2, 0.25) is 5.02 Å². The smallest absolute Gasteiger partial charge is 0.129 e. The first kappa shape index (κ1) is 13.2. The standard InChI is InChI=1S/C17H14ClFO/c1-17(2)10-15(11-3-6-13(19)7-4-11)14-8-5-12(18)9-16(14)20-17/h3-10H,1-2H3. The molecule has 3 rings (SSSR count). The number of fused-ring (bicyclic) bond motifs is 1. The Morgan fingerprint density at radius 1 is 1.05 bits per heavy atom. The maximum atomic E-state index is 13.1. The Kier molecular flexibility index (Phi) is 3.06. The fraction of sp³-hybridized carbons (Fsp3) is 0.176. The Morgan fingerprint density at radius 3 is 2.45 bits per heavy atom. The van der Waals surface area contributed by atoms with E-state index in [-0.39, 0.29) is 5.82 Å². The summed E-state index contributed by atoms with van der Waals surface area (Å²) in [6.45, 7) is 3.97. The lowest BCUT2D eigenvalue weighted by atomic mass is 9.90. The second kappa shape index (κ2) is 4.64. The van der Waals surface area contributed by atoms with Crippen LogP contribution in [0.25, 0.3) is 5.57 Å². The van der Waals surface area contributed by atoms with Crippen molar-refractivity contribution >= 4 is 17.2 Å². The zero-order valence-electron chi connectivity index (χ0n) is 11.3. The highest BCUT2D eigenvalue weighted by Crippen LogP contribution is 2.40. The molecule has 0 bridgehead atoms. The SMILES string of the molecule is CC1(C)C=C(c2ccc(F)cc2)c2ccc(Cl)cc2O1. The van der Waals surface area contributed by atoms with Gasteiger partial charge in [-0.1, -0.05) is 23.7 Å². The third-order valence-electron chi connectivity index (χ3n) is 3.25. The lowest BCUT2D eigenvalue weighted by Crippen LogP contribution is -2.29. The van der Waals surface area contributed by atoms with E-state index in [1.54, 1.807) is 12.1 Å². The quantitative estimate of drug-likeness (QED) is 0.711. The molecule has 102 valence electrons. The lowest BCUT2D eigenvalue weighted by molar-refractivity contribution is 0.158. The average Bonchev–Trinajstić information content (AvgIpc) is 2.37.